The van der Waals surface area contributed by atoms with Crippen LogP contribution in [0.3, 0.4) is 0 Å². The molecule has 0 radical (unpaired) electrons. The highest BCUT2D eigenvalue weighted by Crippen LogP contribution is 2.32. The molecule has 6 heteroatoms. The molecule has 5 nitrogen and oxygen atoms in total. The fourth-order valence-electron chi connectivity index (χ4n) is 2.77. The molecule has 1 aromatic heterocycles. The van der Waals surface area contributed by atoms with Crippen LogP contribution in [-0.4, -0.2) is 10.8 Å². The highest BCUT2D eigenvalue weighted by atomic mass is 32.1. The largest absolute Gasteiger partial charge is 0.316 e. The number of fused-ring (bicyclic) bond motifs is 1. The average Bonchev–Trinajstić information content (AvgIpc) is 2.93. The van der Waals surface area contributed by atoms with Crippen molar-refractivity contribution >= 4 is 28.6 Å². The van der Waals surface area contributed by atoms with Gasteiger partial charge in [-0.15, -0.1) is 11.3 Å². The lowest BCUT2D eigenvalue weighted by molar-refractivity contribution is -0.384. The topological polar surface area (TPSA) is 72.2 Å². The maximum Gasteiger partial charge on any atom is 0.293 e. The van der Waals surface area contributed by atoms with E-state index < -0.39 is 4.92 Å². The number of nitrogens with one attached hydrogen (secondary N) is 1. The predicted octanol–water partition coefficient (Wildman–Crippen LogP) is 4.10. The Bertz CT molecular complexity index is 752. The molecule has 2 aromatic rings. The second-order valence-electron chi connectivity index (χ2n) is 5.49. The minimum atomic E-state index is -0.467. The number of thiophene rings is 1. The monoisotopic (exact) mass is 316 g/mol. The van der Waals surface area contributed by atoms with Gasteiger partial charge < -0.3 is 5.32 Å². The molecule has 1 amide bonds. The van der Waals surface area contributed by atoms with E-state index in [2.05, 4.69) is 5.32 Å². The van der Waals surface area contributed by atoms with Crippen LogP contribution >= 0.6 is 11.3 Å². The van der Waals surface area contributed by atoms with E-state index in [9.17, 15) is 14.9 Å². The van der Waals surface area contributed by atoms with Crippen molar-refractivity contribution < 1.29 is 9.72 Å². The number of nitro groups is 1. The van der Waals surface area contributed by atoms with Crippen molar-refractivity contribution in [3.63, 3.8) is 0 Å². The first-order chi connectivity index (χ1) is 10.6. The molecule has 0 spiro atoms. The lowest BCUT2D eigenvalue weighted by atomic mass is 9.95. The van der Waals surface area contributed by atoms with Gasteiger partial charge in [0.25, 0.3) is 11.6 Å². The summed E-state index contributed by atoms with van der Waals surface area (Å²) in [5.41, 5.74) is 2.74. The molecule has 0 bridgehead atoms. The van der Waals surface area contributed by atoms with Gasteiger partial charge >= 0.3 is 0 Å². The first kappa shape index (κ1) is 14.7. The maximum absolute atomic E-state index is 12.5. The summed E-state index contributed by atoms with van der Waals surface area (Å²) >= 11 is 1.61. The lowest BCUT2D eigenvalue weighted by Gasteiger charge is -2.13. The van der Waals surface area contributed by atoms with Crippen molar-refractivity contribution in [2.75, 3.05) is 5.32 Å². The van der Waals surface area contributed by atoms with Crippen LogP contribution in [0.25, 0.3) is 0 Å². The number of hydrogen-bond donors (Lipinski definition) is 1. The molecule has 0 saturated heterocycles. The molecule has 0 unspecified atom stereocenters. The van der Waals surface area contributed by atoms with E-state index in [-0.39, 0.29) is 17.3 Å². The van der Waals surface area contributed by atoms with Gasteiger partial charge in [-0.3, -0.25) is 14.9 Å². The number of benzene rings is 1. The highest BCUT2D eigenvalue weighted by molar-refractivity contribution is 7.10. The van der Waals surface area contributed by atoms with Crippen LogP contribution in [0.2, 0.25) is 0 Å². The Hall–Kier alpha value is -2.21. The van der Waals surface area contributed by atoms with Gasteiger partial charge in [0, 0.05) is 16.3 Å². The molecule has 0 atom stereocenters. The molecule has 1 aliphatic rings. The number of carbonyl (C=O) groups is 1. The van der Waals surface area contributed by atoms with Gasteiger partial charge in [0.15, 0.2) is 0 Å². The van der Waals surface area contributed by atoms with Gasteiger partial charge in [0.2, 0.25) is 0 Å². The number of anilines is 1. The summed E-state index contributed by atoms with van der Waals surface area (Å²) in [5.74, 6) is -0.258. The Labute approximate surface area is 132 Å². The van der Waals surface area contributed by atoms with Crippen LogP contribution < -0.4 is 5.32 Å². The van der Waals surface area contributed by atoms with Crippen LogP contribution in [0.15, 0.2) is 23.6 Å². The molecule has 0 saturated carbocycles. The first-order valence-corrected chi connectivity index (χ1v) is 8.10. The molecule has 0 aliphatic heterocycles. The Morgan fingerprint density at radius 3 is 2.86 bits per heavy atom. The number of carbonyl (C=O) groups excluding carboxylic acids is 1. The van der Waals surface area contributed by atoms with Crippen LogP contribution in [0.4, 0.5) is 11.4 Å². The van der Waals surface area contributed by atoms with Crippen molar-refractivity contribution in [1.82, 2.24) is 0 Å². The molecular weight excluding hydrogens is 300 g/mol. The summed E-state index contributed by atoms with van der Waals surface area (Å²) in [6, 6.07) is 4.81. The van der Waals surface area contributed by atoms with Crippen molar-refractivity contribution in [2.24, 2.45) is 0 Å². The van der Waals surface area contributed by atoms with Gasteiger partial charge in [-0.2, -0.15) is 0 Å². The third-order valence-electron chi connectivity index (χ3n) is 3.90. The zero-order valence-corrected chi connectivity index (χ0v) is 13.0. The second-order valence-corrected chi connectivity index (χ2v) is 6.45. The summed E-state index contributed by atoms with van der Waals surface area (Å²) in [6.07, 6.45) is 4.20. The standard InChI is InChI=1S/C16H16N2O3S/c1-10-6-7-13(14(8-10)18(20)21)17-16(19)12-9-22-15-5-3-2-4-11(12)15/h6-9H,2-5H2,1H3,(H,17,19). The molecule has 3 rings (SSSR count). The third-order valence-corrected chi connectivity index (χ3v) is 4.99. The molecule has 1 heterocycles. The van der Waals surface area contributed by atoms with E-state index in [0.29, 0.717) is 5.56 Å². The number of nitrogens with zero attached hydrogens (tertiary/aromatic N) is 1. The molecular formula is C16H16N2O3S. The van der Waals surface area contributed by atoms with E-state index in [1.165, 1.54) is 10.9 Å². The quantitative estimate of drug-likeness (QED) is 0.684. The summed E-state index contributed by atoms with van der Waals surface area (Å²) in [7, 11) is 0. The van der Waals surface area contributed by atoms with Gasteiger partial charge in [0.05, 0.1) is 10.5 Å². The van der Waals surface area contributed by atoms with Crippen LogP contribution in [0.1, 0.15) is 39.2 Å². The van der Waals surface area contributed by atoms with E-state index in [1.54, 1.807) is 30.4 Å². The maximum atomic E-state index is 12.5. The Kier molecular flexibility index (Phi) is 3.94. The summed E-state index contributed by atoms with van der Waals surface area (Å²) in [5, 5.41) is 15.7. The van der Waals surface area contributed by atoms with Gasteiger partial charge in [-0.25, -0.2) is 0 Å². The smallest absolute Gasteiger partial charge is 0.293 e. The number of aryl methyl sites for hydroxylation is 2. The molecule has 1 aliphatic carbocycles. The SMILES string of the molecule is Cc1ccc(NC(=O)c2csc3c2CCCC3)c([N+](=O)[O-])c1. The summed E-state index contributed by atoms with van der Waals surface area (Å²) in [4.78, 5) is 24.4. The highest BCUT2D eigenvalue weighted by Gasteiger charge is 2.22. The molecule has 22 heavy (non-hydrogen) atoms. The zero-order valence-electron chi connectivity index (χ0n) is 12.2. The van der Waals surface area contributed by atoms with Crippen molar-refractivity contribution in [1.29, 1.82) is 0 Å². The van der Waals surface area contributed by atoms with Crippen LogP contribution in [0, 0.1) is 17.0 Å². The first-order valence-electron chi connectivity index (χ1n) is 7.22. The van der Waals surface area contributed by atoms with E-state index in [0.717, 1.165) is 36.8 Å². The van der Waals surface area contributed by atoms with E-state index in [1.807, 2.05) is 5.38 Å². The second kappa shape index (κ2) is 5.88. The van der Waals surface area contributed by atoms with Crippen molar-refractivity contribution in [2.45, 2.75) is 32.6 Å². The molecule has 1 aromatic carbocycles. The normalized spacial score (nSPS) is 13.5. The van der Waals surface area contributed by atoms with Crippen molar-refractivity contribution in [3.8, 4) is 0 Å². The fourth-order valence-corrected chi connectivity index (χ4v) is 3.90. The third kappa shape index (κ3) is 2.74. The number of amides is 1. The molecule has 114 valence electrons. The Morgan fingerprint density at radius 2 is 2.09 bits per heavy atom. The fraction of sp³-hybridized carbons (Fsp3) is 0.312. The minimum Gasteiger partial charge on any atom is -0.316 e. The average molecular weight is 316 g/mol. The molecule has 0 fully saturated rings. The summed E-state index contributed by atoms with van der Waals surface area (Å²) in [6.45, 7) is 1.79. The lowest BCUT2D eigenvalue weighted by Crippen LogP contribution is -2.15. The number of hydrogen-bond acceptors (Lipinski definition) is 4. The zero-order chi connectivity index (χ0) is 15.7. The Morgan fingerprint density at radius 1 is 1.32 bits per heavy atom. The van der Waals surface area contributed by atoms with Gasteiger partial charge in [-0.1, -0.05) is 6.07 Å². The van der Waals surface area contributed by atoms with E-state index >= 15 is 0 Å². The number of rotatable bonds is 3. The van der Waals surface area contributed by atoms with Crippen LogP contribution in [-0.2, 0) is 12.8 Å². The Balaban J connectivity index is 1.89. The van der Waals surface area contributed by atoms with Crippen molar-refractivity contribution in [3.05, 3.63) is 55.3 Å². The minimum absolute atomic E-state index is 0.0718. The van der Waals surface area contributed by atoms with E-state index in [4.69, 9.17) is 0 Å². The molecule has 1 N–H and O–H groups in total. The number of nitro benzene ring substituents is 1. The van der Waals surface area contributed by atoms with Crippen LogP contribution in [0.5, 0.6) is 0 Å². The summed E-state index contributed by atoms with van der Waals surface area (Å²) < 4.78 is 0. The predicted molar refractivity (Wildman–Crippen MR) is 86.7 cm³/mol. The van der Waals surface area contributed by atoms with Gasteiger partial charge in [-0.05, 0) is 49.8 Å². The van der Waals surface area contributed by atoms with Gasteiger partial charge in [0.1, 0.15) is 5.69 Å².